The van der Waals surface area contributed by atoms with Gasteiger partial charge in [0.25, 0.3) is 0 Å². The van der Waals surface area contributed by atoms with Gasteiger partial charge in [0, 0.05) is 0 Å². The third-order valence-corrected chi connectivity index (χ3v) is 1.81. The van der Waals surface area contributed by atoms with Crippen LogP contribution in [0.4, 0.5) is 26.3 Å². The Morgan fingerprint density at radius 2 is 1.39 bits per heavy atom. The van der Waals surface area contributed by atoms with Crippen molar-refractivity contribution in [1.29, 1.82) is 0 Å². The molecule has 0 saturated heterocycles. The molecule has 0 aliphatic heterocycles. The summed E-state index contributed by atoms with van der Waals surface area (Å²) >= 11 is 0. The highest BCUT2D eigenvalue weighted by molar-refractivity contribution is 5.86. The Morgan fingerprint density at radius 3 is 1.72 bits per heavy atom. The lowest BCUT2D eigenvalue weighted by atomic mass is 10.2. The lowest BCUT2D eigenvalue weighted by Gasteiger charge is -2.14. The normalized spacial score (nSPS) is 12.6. The molecule has 1 aromatic heterocycles. The van der Waals surface area contributed by atoms with Crippen molar-refractivity contribution >= 4 is 5.97 Å². The van der Waals surface area contributed by atoms with Gasteiger partial charge in [0.05, 0.1) is 5.69 Å². The molecule has 0 unspecified atom stereocenters. The Balaban J connectivity index is 3.64. The molecular weight excluding hydrogens is 270 g/mol. The Morgan fingerprint density at radius 1 is 1.00 bits per heavy atom. The Kier molecular flexibility index (Phi) is 3.24. The number of hydrogen-bond acceptors (Lipinski definition) is 3. The van der Waals surface area contributed by atoms with E-state index < -0.39 is 41.1 Å². The predicted octanol–water partition coefficient (Wildman–Crippen LogP) is 2.52. The monoisotopic (exact) mass is 274 g/mol. The van der Waals surface area contributed by atoms with Crippen LogP contribution in [0, 0.1) is 6.92 Å². The van der Waals surface area contributed by atoms with E-state index in [4.69, 9.17) is 5.11 Å². The number of carboxylic acids is 1. The fraction of sp³-hybridized carbons (Fsp3) is 0.375. The van der Waals surface area contributed by atoms with E-state index in [0.717, 1.165) is 6.92 Å². The second kappa shape index (κ2) is 4.10. The molecule has 0 aliphatic rings. The zero-order valence-electron chi connectivity index (χ0n) is 8.52. The number of hydrogen-bond donors (Lipinski definition) is 1. The Hall–Kier alpha value is -1.87. The molecule has 10 heteroatoms. The van der Waals surface area contributed by atoms with Crippen LogP contribution in [0.3, 0.4) is 0 Å². The minimum absolute atomic E-state index is 0.747. The van der Waals surface area contributed by atoms with Crippen LogP contribution < -0.4 is 0 Å². The van der Waals surface area contributed by atoms with E-state index in [1.54, 1.807) is 0 Å². The minimum Gasteiger partial charge on any atom is -0.476 e. The van der Waals surface area contributed by atoms with Crippen LogP contribution in [0.5, 0.6) is 0 Å². The molecule has 0 fully saturated rings. The molecule has 1 rings (SSSR count). The SMILES string of the molecule is Cc1nc(C(F)(F)F)c(C(F)(F)F)nc1C(=O)O. The molecule has 0 aliphatic carbocycles. The maximum Gasteiger partial charge on any atom is 0.435 e. The van der Waals surface area contributed by atoms with Gasteiger partial charge in [-0.05, 0) is 6.92 Å². The maximum absolute atomic E-state index is 12.4. The average molecular weight is 274 g/mol. The largest absolute Gasteiger partial charge is 0.476 e. The number of carboxylic acid groups (broad SMARTS) is 1. The summed E-state index contributed by atoms with van der Waals surface area (Å²) in [7, 11) is 0. The minimum atomic E-state index is -5.45. The van der Waals surface area contributed by atoms with Gasteiger partial charge in [0.15, 0.2) is 17.1 Å². The summed E-state index contributed by atoms with van der Waals surface area (Å²) in [6, 6.07) is 0. The maximum atomic E-state index is 12.4. The zero-order chi connectivity index (χ0) is 14.3. The highest BCUT2D eigenvalue weighted by Gasteiger charge is 2.47. The Bertz CT molecular complexity index is 494. The smallest absolute Gasteiger partial charge is 0.435 e. The summed E-state index contributed by atoms with van der Waals surface area (Å²) in [5, 5.41) is 8.50. The first-order valence-electron chi connectivity index (χ1n) is 4.21. The van der Waals surface area contributed by atoms with Gasteiger partial charge >= 0.3 is 18.3 Å². The highest BCUT2D eigenvalue weighted by Crippen LogP contribution is 2.38. The summed E-state index contributed by atoms with van der Waals surface area (Å²) in [4.78, 5) is 15.7. The fourth-order valence-electron chi connectivity index (χ4n) is 1.12. The summed E-state index contributed by atoms with van der Waals surface area (Å²) in [5.74, 6) is -1.89. The second-order valence-electron chi connectivity index (χ2n) is 3.16. The van der Waals surface area contributed by atoms with Gasteiger partial charge in [-0.15, -0.1) is 0 Å². The number of aromatic carboxylic acids is 1. The highest BCUT2D eigenvalue weighted by atomic mass is 19.4. The number of carbonyl (C=O) groups is 1. The van der Waals surface area contributed by atoms with Gasteiger partial charge in [-0.3, -0.25) is 0 Å². The van der Waals surface area contributed by atoms with E-state index in [1.807, 2.05) is 0 Å². The summed E-state index contributed by atoms with van der Waals surface area (Å²) < 4.78 is 74.1. The van der Waals surface area contributed by atoms with Crippen molar-refractivity contribution in [2.24, 2.45) is 0 Å². The fourth-order valence-corrected chi connectivity index (χ4v) is 1.12. The number of alkyl halides is 6. The third-order valence-electron chi connectivity index (χ3n) is 1.81. The molecule has 0 aromatic carbocycles. The number of nitrogens with zero attached hydrogens (tertiary/aromatic N) is 2. The van der Waals surface area contributed by atoms with Crippen LogP contribution >= 0.6 is 0 Å². The molecule has 0 amide bonds. The molecule has 1 heterocycles. The van der Waals surface area contributed by atoms with E-state index in [9.17, 15) is 31.1 Å². The number of aryl methyl sites for hydroxylation is 1. The van der Waals surface area contributed by atoms with Gasteiger partial charge < -0.3 is 5.11 Å². The quantitative estimate of drug-likeness (QED) is 0.799. The summed E-state index contributed by atoms with van der Waals surface area (Å²) in [5.41, 5.74) is -6.53. The van der Waals surface area contributed by atoms with Crippen LogP contribution in [0.1, 0.15) is 27.6 Å². The third kappa shape index (κ3) is 2.68. The van der Waals surface area contributed by atoms with E-state index in [1.165, 1.54) is 0 Å². The molecule has 0 atom stereocenters. The molecule has 1 aromatic rings. The van der Waals surface area contributed by atoms with Gasteiger partial charge in [0.2, 0.25) is 0 Å². The number of aromatic nitrogens is 2. The van der Waals surface area contributed by atoms with Crippen LogP contribution in [-0.2, 0) is 12.4 Å². The molecule has 0 bridgehead atoms. The second-order valence-corrected chi connectivity index (χ2v) is 3.16. The van der Waals surface area contributed by atoms with Gasteiger partial charge in [-0.2, -0.15) is 26.3 Å². The van der Waals surface area contributed by atoms with Crippen molar-refractivity contribution in [2.75, 3.05) is 0 Å². The van der Waals surface area contributed by atoms with Gasteiger partial charge in [-0.25, -0.2) is 14.8 Å². The Labute approximate surface area is 95.3 Å². The van der Waals surface area contributed by atoms with Crippen molar-refractivity contribution < 1.29 is 36.2 Å². The van der Waals surface area contributed by atoms with E-state index >= 15 is 0 Å². The molecule has 18 heavy (non-hydrogen) atoms. The van der Waals surface area contributed by atoms with Crippen molar-refractivity contribution in [3.05, 3.63) is 22.8 Å². The number of halogens is 6. The average Bonchev–Trinajstić information content (AvgIpc) is 2.13. The van der Waals surface area contributed by atoms with E-state index in [-0.39, 0.29) is 0 Å². The molecule has 100 valence electrons. The molecule has 0 saturated carbocycles. The molecule has 0 spiro atoms. The molecule has 4 nitrogen and oxygen atoms in total. The molecular formula is C8H4F6N2O2. The summed E-state index contributed by atoms with van der Waals surface area (Å²) in [6.45, 7) is 0.825. The zero-order valence-corrected chi connectivity index (χ0v) is 8.52. The van der Waals surface area contributed by atoms with Crippen LogP contribution in [-0.4, -0.2) is 21.0 Å². The van der Waals surface area contributed by atoms with Crippen molar-refractivity contribution in [2.45, 2.75) is 19.3 Å². The van der Waals surface area contributed by atoms with E-state index in [2.05, 4.69) is 9.97 Å². The predicted molar refractivity (Wildman–Crippen MR) is 43.7 cm³/mol. The van der Waals surface area contributed by atoms with E-state index in [0.29, 0.717) is 0 Å². The lowest BCUT2D eigenvalue weighted by Crippen LogP contribution is -2.23. The van der Waals surface area contributed by atoms with Crippen LogP contribution in [0.2, 0.25) is 0 Å². The van der Waals surface area contributed by atoms with Crippen molar-refractivity contribution in [3.8, 4) is 0 Å². The molecule has 1 N–H and O–H groups in total. The van der Waals surface area contributed by atoms with Crippen LogP contribution in [0.25, 0.3) is 0 Å². The first kappa shape index (κ1) is 14.2. The molecule has 0 radical (unpaired) electrons. The van der Waals surface area contributed by atoms with Gasteiger partial charge in [-0.1, -0.05) is 0 Å². The first-order valence-corrected chi connectivity index (χ1v) is 4.21. The van der Waals surface area contributed by atoms with Crippen molar-refractivity contribution in [3.63, 3.8) is 0 Å². The van der Waals surface area contributed by atoms with Crippen LogP contribution in [0.15, 0.2) is 0 Å². The summed E-state index contributed by atoms with van der Waals surface area (Å²) in [6.07, 6.45) is -10.8. The number of rotatable bonds is 1. The lowest BCUT2D eigenvalue weighted by molar-refractivity contribution is -0.167. The first-order chi connectivity index (χ1) is 7.94. The van der Waals surface area contributed by atoms with Crippen molar-refractivity contribution in [1.82, 2.24) is 9.97 Å². The topological polar surface area (TPSA) is 63.1 Å². The van der Waals surface area contributed by atoms with Gasteiger partial charge in [0.1, 0.15) is 0 Å². The standard InChI is InChI=1S/C8H4F6N2O2/c1-2-3(6(17)18)16-5(8(12,13)14)4(15-2)7(9,10)11/h1H3,(H,17,18).